The monoisotopic (exact) mass is 309 g/mol. The van der Waals surface area contributed by atoms with Crippen molar-refractivity contribution < 1.29 is 24.2 Å². The lowest BCUT2D eigenvalue weighted by Crippen LogP contribution is -2.32. The molecule has 0 aromatic heterocycles. The number of nitrogens with one attached hydrogen (secondary N) is 1. The zero-order valence-electron chi connectivity index (χ0n) is 13.2. The fourth-order valence-electron chi connectivity index (χ4n) is 1.61. The van der Waals surface area contributed by atoms with Gasteiger partial charge in [0.25, 0.3) is 0 Å². The van der Waals surface area contributed by atoms with Gasteiger partial charge in [-0.3, -0.25) is 4.79 Å². The van der Waals surface area contributed by atoms with E-state index in [1.54, 1.807) is 12.1 Å². The summed E-state index contributed by atoms with van der Waals surface area (Å²) in [7, 11) is 0. The first-order valence-corrected chi connectivity index (χ1v) is 7.16. The van der Waals surface area contributed by atoms with E-state index in [1.165, 1.54) is 0 Å². The minimum Gasteiger partial charge on any atom is -0.494 e. The van der Waals surface area contributed by atoms with Crippen molar-refractivity contribution >= 4 is 12.1 Å². The second-order valence-electron chi connectivity index (χ2n) is 5.85. The second kappa shape index (κ2) is 8.26. The van der Waals surface area contributed by atoms with Gasteiger partial charge in [-0.2, -0.15) is 0 Å². The molecule has 6 nitrogen and oxygen atoms in total. The number of benzene rings is 1. The Hall–Kier alpha value is -2.24. The highest BCUT2D eigenvalue weighted by Gasteiger charge is 2.15. The van der Waals surface area contributed by atoms with Crippen molar-refractivity contribution in [1.29, 1.82) is 0 Å². The number of hydrogen-bond donors (Lipinski definition) is 2. The van der Waals surface area contributed by atoms with Crippen molar-refractivity contribution in [2.45, 2.75) is 45.8 Å². The van der Waals surface area contributed by atoms with Gasteiger partial charge in [0, 0.05) is 13.0 Å². The maximum absolute atomic E-state index is 11.5. The van der Waals surface area contributed by atoms with E-state index in [9.17, 15) is 9.59 Å². The molecule has 0 radical (unpaired) electrons. The van der Waals surface area contributed by atoms with Crippen LogP contribution < -0.4 is 10.1 Å². The number of carbonyl (C=O) groups excluding carboxylic acids is 1. The molecule has 0 saturated carbocycles. The number of rotatable bonds is 7. The van der Waals surface area contributed by atoms with Crippen LogP contribution in [0, 0.1) is 0 Å². The molecule has 0 aliphatic rings. The molecule has 122 valence electrons. The third-order valence-corrected chi connectivity index (χ3v) is 2.56. The highest BCUT2D eigenvalue weighted by atomic mass is 16.6. The third-order valence-electron chi connectivity index (χ3n) is 2.56. The highest BCUT2D eigenvalue weighted by molar-refractivity contribution is 5.67. The van der Waals surface area contributed by atoms with Crippen LogP contribution in [0.25, 0.3) is 0 Å². The van der Waals surface area contributed by atoms with Gasteiger partial charge in [-0.15, -0.1) is 0 Å². The lowest BCUT2D eigenvalue weighted by atomic mass is 10.2. The summed E-state index contributed by atoms with van der Waals surface area (Å²) < 4.78 is 10.6. The highest BCUT2D eigenvalue weighted by Crippen LogP contribution is 2.13. The van der Waals surface area contributed by atoms with E-state index in [1.807, 2.05) is 32.9 Å². The largest absolute Gasteiger partial charge is 0.494 e. The van der Waals surface area contributed by atoms with Gasteiger partial charge >= 0.3 is 12.1 Å². The predicted molar refractivity (Wildman–Crippen MR) is 81.9 cm³/mol. The maximum Gasteiger partial charge on any atom is 0.407 e. The van der Waals surface area contributed by atoms with Gasteiger partial charge in [0.05, 0.1) is 6.61 Å². The number of carboxylic acid groups (broad SMARTS) is 1. The summed E-state index contributed by atoms with van der Waals surface area (Å²) in [6, 6.07) is 7.24. The molecule has 1 rings (SSSR count). The molecule has 0 aliphatic carbocycles. The van der Waals surface area contributed by atoms with Crippen LogP contribution in [-0.4, -0.2) is 29.4 Å². The second-order valence-corrected chi connectivity index (χ2v) is 5.85. The molecule has 0 bridgehead atoms. The Balaban J connectivity index is 2.32. The molecule has 1 aromatic carbocycles. The van der Waals surface area contributed by atoms with E-state index >= 15 is 0 Å². The Labute approximate surface area is 130 Å². The van der Waals surface area contributed by atoms with Crippen LogP contribution in [0.1, 0.15) is 39.2 Å². The molecule has 22 heavy (non-hydrogen) atoms. The van der Waals surface area contributed by atoms with E-state index in [2.05, 4.69) is 5.32 Å². The molecule has 6 heteroatoms. The quantitative estimate of drug-likeness (QED) is 0.756. The lowest BCUT2D eigenvalue weighted by Gasteiger charge is -2.19. The summed E-state index contributed by atoms with van der Waals surface area (Å²) in [5.74, 6) is -0.154. The maximum atomic E-state index is 11.5. The van der Waals surface area contributed by atoms with Crippen molar-refractivity contribution in [2.75, 3.05) is 6.61 Å². The molecule has 0 unspecified atom stereocenters. The van der Waals surface area contributed by atoms with E-state index in [-0.39, 0.29) is 6.42 Å². The molecule has 1 amide bonds. The van der Waals surface area contributed by atoms with Gasteiger partial charge in [-0.1, -0.05) is 12.1 Å². The Morgan fingerprint density at radius 3 is 2.36 bits per heavy atom. The first-order valence-electron chi connectivity index (χ1n) is 7.16. The average molecular weight is 309 g/mol. The molecule has 0 saturated heterocycles. The number of carboxylic acids is 1. The summed E-state index contributed by atoms with van der Waals surface area (Å²) in [6.45, 7) is 6.16. The van der Waals surface area contributed by atoms with Gasteiger partial charge in [0.1, 0.15) is 11.4 Å². The minimum atomic E-state index is -0.827. The van der Waals surface area contributed by atoms with E-state index in [4.69, 9.17) is 14.6 Å². The van der Waals surface area contributed by atoms with Gasteiger partial charge < -0.3 is 19.9 Å². The molecule has 0 spiro atoms. The topological polar surface area (TPSA) is 84.9 Å². The van der Waals surface area contributed by atoms with Crippen LogP contribution in [0.15, 0.2) is 24.3 Å². The van der Waals surface area contributed by atoms with Crippen molar-refractivity contribution in [2.24, 2.45) is 0 Å². The van der Waals surface area contributed by atoms with Gasteiger partial charge in [0.2, 0.25) is 0 Å². The van der Waals surface area contributed by atoms with E-state index < -0.39 is 17.7 Å². The van der Waals surface area contributed by atoms with Crippen LogP contribution in [0.4, 0.5) is 4.79 Å². The Kier molecular flexibility index (Phi) is 6.69. The minimum absolute atomic E-state index is 0.0951. The van der Waals surface area contributed by atoms with Crippen LogP contribution >= 0.6 is 0 Å². The smallest absolute Gasteiger partial charge is 0.407 e. The summed E-state index contributed by atoms with van der Waals surface area (Å²) in [5.41, 5.74) is 0.404. The number of carbonyl (C=O) groups is 2. The first kappa shape index (κ1) is 17.8. The molecule has 0 heterocycles. The van der Waals surface area contributed by atoms with Crippen LogP contribution in [0.2, 0.25) is 0 Å². The zero-order valence-corrected chi connectivity index (χ0v) is 13.2. The Bertz CT molecular complexity index is 490. The van der Waals surface area contributed by atoms with Crippen LogP contribution in [-0.2, 0) is 16.1 Å². The van der Waals surface area contributed by atoms with E-state index in [0.717, 1.165) is 5.56 Å². The Morgan fingerprint density at radius 1 is 1.18 bits per heavy atom. The number of alkyl carbamates (subject to hydrolysis) is 1. The number of aliphatic carboxylic acids is 1. The number of amides is 1. The van der Waals surface area contributed by atoms with Crippen molar-refractivity contribution in [3.63, 3.8) is 0 Å². The molecule has 1 aromatic rings. The summed E-state index contributed by atoms with van der Waals surface area (Å²) >= 11 is 0. The lowest BCUT2D eigenvalue weighted by molar-refractivity contribution is -0.137. The number of hydrogen-bond acceptors (Lipinski definition) is 4. The van der Waals surface area contributed by atoms with Gasteiger partial charge in [-0.05, 0) is 44.9 Å². The average Bonchev–Trinajstić information content (AvgIpc) is 2.40. The molecule has 2 N–H and O–H groups in total. The number of ether oxygens (including phenoxy) is 2. The molecule has 0 atom stereocenters. The molecule has 0 fully saturated rings. The SMILES string of the molecule is CC(C)(C)OC(=O)NCc1ccc(OCCCC(=O)O)cc1. The predicted octanol–water partition coefficient (Wildman–Crippen LogP) is 2.95. The zero-order chi connectivity index (χ0) is 16.6. The van der Waals surface area contributed by atoms with Crippen LogP contribution in [0.3, 0.4) is 0 Å². The third kappa shape index (κ3) is 8.14. The first-order chi connectivity index (χ1) is 10.3. The molecule has 0 aliphatic heterocycles. The van der Waals surface area contributed by atoms with Gasteiger partial charge in [-0.25, -0.2) is 4.79 Å². The normalized spacial score (nSPS) is 10.9. The fourth-order valence-corrected chi connectivity index (χ4v) is 1.61. The van der Waals surface area contributed by atoms with Crippen molar-refractivity contribution in [3.05, 3.63) is 29.8 Å². The standard InChI is InChI=1S/C16H23NO5/c1-16(2,3)22-15(20)17-11-12-6-8-13(9-7-12)21-10-4-5-14(18)19/h6-9H,4-5,10-11H2,1-3H3,(H,17,20)(H,18,19). The summed E-state index contributed by atoms with van der Waals surface area (Å²) in [6.07, 6.45) is 0.108. The fraction of sp³-hybridized carbons (Fsp3) is 0.500. The summed E-state index contributed by atoms with van der Waals surface area (Å²) in [4.78, 5) is 21.9. The van der Waals surface area contributed by atoms with Crippen molar-refractivity contribution in [3.8, 4) is 5.75 Å². The van der Waals surface area contributed by atoms with Gasteiger partial charge in [0.15, 0.2) is 0 Å². The van der Waals surface area contributed by atoms with E-state index in [0.29, 0.717) is 25.3 Å². The Morgan fingerprint density at radius 2 is 1.82 bits per heavy atom. The summed E-state index contributed by atoms with van der Waals surface area (Å²) in [5, 5.41) is 11.2. The molecular weight excluding hydrogens is 286 g/mol. The van der Waals surface area contributed by atoms with Crippen LogP contribution in [0.5, 0.6) is 5.75 Å². The van der Waals surface area contributed by atoms with Crippen molar-refractivity contribution in [1.82, 2.24) is 5.32 Å². The molecular formula is C16H23NO5.